The van der Waals surface area contributed by atoms with E-state index in [2.05, 4.69) is 31.1 Å². The Morgan fingerprint density at radius 2 is 2.08 bits per heavy atom. The van der Waals surface area contributed by atoms with Gasteiger partial charge < -0.3 is 0 Å². The third kappa shape index (κ3) is 6.21. The Bertz CT molecular complexity index is 153. The lowest BCUT2D eigenvalue weighted by Crippen LogP contribution is -2.35. The summed E-state index contributed by atoms with van der Waals surface area (Å²) in [5.74, 6) is 12.0. The van der Waals surface area contributed by atoms with Gasteiger partial charge in [-0.2, -0.15) is 0 Å². The van der Waals surface area contributed by atoms with Crippen molar-refractivity contribution in [3.63, 3.8) is 0 Å². The Morgan fingerprint density at radius 3 is 2.50 bits per heavy atom. The summed E-state index contributed by atoms with van der Waals surface area (Å²) in [6, 6.07) is 0.422. The quantitative estimate of drug-likeness (QED) is 0.372. The second kappa shape index (κ2) is 7.15. The third-order valence-corrected chi connectivity index (χ3v) is 1.79. The Labute approximate surface area is 75.9 Å². The van der Waals surface area contributed by atoms with Gasteiger partial charge in [-0.05, 0) is 25.7 Å². The standard InChI is InChI=1S/C10H20N2/c1-4-5-6-7-10(12-11)8-9(2)3/h9-10,12H,6-8,11H2,1-3H3. The summed E-state index contributed by atoms with van der Waals surface area (Å²) in [6.07, 6.45) is 3.12. The van der Waals surface area contributed by atoms with Crippen LogP contribution in [-0.4, -0.2) is 6.04 Å². The van der Waals surface area contributed by atoms with Crippen LogP contribution >= 0.6 is 0 Å². The van der Waals surface area contributed by atoms with E-state index in [4.69, 9.17) is 5.84 Å². The van der Waals surface area contributed by atoms with Crippen molar-refractivity contribution in [3.05, 3.63) is 0 Å². The molecule has 1 unspecified atom stereocenters. The smallest absolute Gasteiger partial charge is 0.0222 e. The Balaban J connectivity index is 3.57. The first kappa shape index (κ1) is 11.5. The highest BCUT2D eigenvalue weighted by atomic mass is 15.2. The molecule has 3 N–H and O–H groups in total. The molecule has 0 saturated carbocycles. The van der Waals surface area contributed by atoms with Gasteiger partial charge in [0.05, 0.1) is 0 Å². The van der Waals surface area contributed by atoms with Gasteiger partial charge in [0.2, 0.25) is 0 Å². The molecule has 0 aliphatic rings. The van der Waals surface area contributed by atoms with Gasteiger partial charge in [0, 0.05) is 12.5 Å². The van der Waals surface area contributed by atoms with Crippen molar-refractivity contribution in [1.82, 2.24) is 5.43 Å². The number of hydrazine groups is 1. The van der Waals surface area contributed by atoms with Crippen LogP contribution in [0, 0.1) is 17.8 Å². The first-order chi connectivity index (χ1) is 5.70. The van der Waals surface area contributed by atoms with Crippen molar-refractivity contribution in [2.75, 3.05) is 0 Å². The fraction of sp³-hybridized carbons (Fsp3) is 0.800. The van der Waals surface area contributed by atoms with Crippen molar-refractivity contribution in [2.24, 2.45) is 11.8 Å². The van der Waals surface area contributed by atoms with Crippen LogP contribution in [0.3, 0.4) is 0 Å². The van der Waals surface area contributed by atoms with Crippen LogP contribution in [0.1, 0.15) is 40.0 Å². The maximum Gasteiger partial charge on any atom is 0.0222 e. The van der Waals surface area contributed by atoms with Crippen molar-refractivity contribution in [3.8, 4) is 11.8 Å². The van der Waals surface area contributed by atoms with Crippen molar-refractivity contribution in [1.29, 1.82) is 0 Å². The molecule has 0 amide bonds. The zero-order valence-electron chi connectivity index (χ0n) is 8.35. The number of hydrogen-bond acceptors (Lipinski definition) is 2. The van der Waals surface area contributed by atoms with E-state index in [0.717, 1.165) is 19.3 Å². The maximum atomic E-state index is 5.41. The second-order valence-electron chi connectivity index (χ2n) is 3.46. The lowest BCUT2D eigenvalue weighted by atomic mass is 10.0. The average molecular weight is 168 g/mol. The second-order valence-corrected chi connectivity index (χ2v) is 3.46. The summed E-state index contributed by atoms with van der Waals surface area (Å²) < 4.78 is 0. The SMILES string of the molecule is CC#CCCC(CC(C)C)NN. The molecule has 0 spiro atoms. The van der Waals surface area contributed by atoms with Crippen LogP contribution in [0.25, 0.3) is 0 Å². The number of nitrogens with one attached hydrogen (secondary N) is 1. The molecule has 1 atom stereocenters. The van der Waals surface area contributed by atoms with Gasteiger partial charge in [0.25, 0.3) is 0 Å². The van der Waals surface area contributed by atoms with Gasteiger partial charge >= 0.3 is 0 Å². The van der Waals surface area contributed by atoms with E-state index in [9.17, 15) is 0 Å². The molecule has 0 aromatic rings. The van der Waals surface area contributed by atoms with E-state index in [1.165, 1.54) is 0 Å². The van der Waals surface area contributed by atoms with Gasteiger partial charge in [-0.3, -0.25) is 11.3 Å². The zero-order chi connectivity index (χ0) is 9.40. The van der Waals surface area contributed by atoms with E-state index < -0.39 is 0 Å². The first-order valence-electron chi connectivity index (χ1n) is 4.56. The van der Waals surface area contributed by atoms with Crippen LogP contribution in [0.2, 0.25) is 0 Å². The number of nitrogens with two attached hydrogens (primary N) is 1. The summed E-state index contributed by atoms with van der Waals surface area (Å²) in [4.78, 5) is 0. The van der Waals surface area contributed by atoms with Gasteiger partial charge in [0.1, 0.15) is 0 Å². The predicted octanol–water partition coefficient (Wildman–Crippen LogP) is 1.67. The first-order valence-corrected chi connectivity index (χ1v) is 4.56. The molecule has 0 radical (unpaired) electrons. The zero-order valence-corrected chi connectivity index (χ0v) is 8.35. The van der Waals surface area contributed by atoms with Gasteiger partial charge in [-0.25, -0.2) is 0 Å². The maximum absolute atomic E-state index is 5.41. The highest BCUT2D eigenvalue weighted by Crippen LogP contribution is 2.08. The molecule has 0 rings (SSSR count). The molecule has 2 heteroatoms. The predicted molar refractivity (Wildman–Crippen MR) is 53.3 cm³/mol. The van der Waals surface area contributed by atoms with Crippen molar-refractivity contribution < 1.29 is 0 Å². The molecule has 12 heavy (non-hydrogen) atoms. The molecule has 0 aliphatic heterocycles. The molecule has 0 aromatic heterocycles. The van der Waals surface area contributed by atoms with Crippen molar-refractivity contribution in [2.45, 2.75) is 46.1 Å². The summed E-state index contributed by atoms with van der Waals surface area (Å²) in [7, 11) is 0. The number of rotatable bonds is 5. The van der Waals surface area contributed by atoms with Crippen LogP contribution in [-0.2, 0) is 0 Å². The molecule has 0 fully saturated rings. The largest absolute Gasteiger partial charge is 0.271 e. The van der Waals surface area contributed by atoms with Crippen LogP contribution < -0.4 is 11.3 Å². The summed E-state index contributed by atoms with van der Waals surface area (Å²) in [5, 5.41) is 0. The molecular formula is C10H20N2. The van der Waals surface area contributed by atoms with Gasteiger partial charge in [-0.15, -0.1) is 11.8 Å². The summed E-state index contributed by atoms with van der Waals surface area (Å²) >= 11 is 0. The monoisotopic (exact) mass is 168 g/mol. The Kier molecular flexibility index (Phi) is 6.84. The van der Waals surface area contributed by atoms with Crippen LogP contribution in [0.15, 0.2) is 0 Å². The van der Waals surface area contributed by atoms with Crippen LogP contribution in [0.5, 0.6) is 0 Å². The lowest BCUT2D eigenvalue weighted by Gasteiger charge is -2.16. The normalized spacial score (nSPS) is 12.4. The Morgan fingerprint density at radius 1 is 1.42 bits per heavy atom. The molecule has 2 nitrogen and oxygen atoms in total. The molecule has 0 heterocycles. The minimum atomic E-state index is 0.422. The van der Waals surface area contributed by atoms with Gasteiger partial charge in [0.15, 0.2) is 0 Å². The third-order valence-electron chi connectivity index (χ3n) is 1.79. The minimum Gasteiger partial charge on any atom is -0.271 e. The fourth-order valence-corrected chi connectivity index (χ4v) is 1.21. The summed E-state index contributed by atoms with van der Waals surface area (Å²) in [5.41, 5.74) is 2.82. The highest BCUT2D eigenvalue weighted by Gasteiger charge is 2.06. The molecule has 0 saturated heterocycles. The highest BCUT2D eigenvalue weighted by molar-refractivity contribution is 4.95. The number of hydrogen-bond donors (Lipinski definition) is 2. The van der Waals surface area contributed by atoms with E-state index in [-0.39, 0.29) is 0 Å². The minimum absolute atomic E-state index is 0.422. The van der Waals surface area contributed by atoms with E-state index in [1.807, 2.05) is 6.92 Å². The molecule has 0 bridgehead atoms. The van der Waals surface area contributed by atoms with E-state index >= 15 is 0 Å². The van der Waals surface area contributed by atoms with Crippen LogP contribution in [0.4, 0.5) is 0 Å². The van der Waals surface area contributed by atoms with Gasteiger partial charge in [-0.1, -0.05) is 13.8 Å². The average Bonchev–Trinajstić information content (AvgIpc) is 2.02. The fourth-order valence-electron chi connectivity index (χ4n) is 1.21. The Hall–Kier alpha value is -0.520. The summed E-state index contributed by atoms with van der Waals surface area (Å²) in [6.45, 7) is 6.28. The van der Waals surface area contributed by atoms with E-state index in [0.29, 0.717) is 12.0 Å². The topological polar surface area (TPSA) is 38.0 Å². The molecule has 0 aromatic carbocycles. The lowest BCUT2D eigenvalue weighted by molar-refractivity contribution is 0.408. The van der Waals surface area contributed by atoms with Crippen molar-refractivity contribution >= 4 is 0 Å². The molecular weight excluding hydrogens is 148 g/mol. The molecule has 0 aliphatic carbocycles. The molecule has 70 valence electrons. The van der Waals surface area contributed by atoms with E-state index in [1.54, 1.807) is 0 Å².